The lowest BCUT2D eigenvalue weighted by Gasteiger charge is -2.20. The molecular weight excluding hydrogens is 388 g/mol. The second kappa shape index (κ2) is 7.85. The average molecular weight is 409 g/mol. The first-order valence-electron chi connectivity index (χ1n) is 9.01. The molecule has 0 N–H and O–H groups in total. The fraction of sp³-hybridized carbons (Fsp3) is 0.238. The van der Waals surface area contributed by atoms with Crippen LogP contribution in [0.15, 0.2) is 53.6 Å². The maximum absolute atomic E-state index is 12.9. The number of amides is 1. The van der Waals surface area contributed by atoms with E-state index in [2.05, 4.69) is 21.0 Å². The fourth-order valence-corrected chi connectivity index (χ4v) is 5.17. The molecule has 142 valence electrons. The molecule has 0 saturated heterocycles. The van der Waals surface area contributed by atoms with Crippen molar-refractivity contribution >= 4 is 50.1 Å². The summed E-state index contributed by atoms with van der Waals surface area (Å²) in [5, 5.41) is 2.51. The number of thioether (sulfide) groups is 1. The second-order valence-corrected chi connectivity index (χ2v) is 9.07. The zero-order valence-electron chi connectivity index (χ0n) is 15.9. The van der Waals surface area contributed by atoms with Gasteiger partial charge in [-0.05, 0) is 32.0 Å². The van der Waals surface area contributed by atoms with Crippen LogP contribution in [0.2, 0.25) is 0 Å². The van der Waals surface area contributed by atoms with Gasteiger partial charge in [0, 0.05) is 12.4 Å². The van der Waals surface area contributed by atoms with Gasteiger partial charge in [-0.2, -0.15) is 0 Å². The molecule has 2 aromatic carbocycles. The first kappa shape index (κ1) is 18.8. The largest absolute Gasteiger partial charge is 0.338 e. The third kappa shape index (κ3) is 3.86. The van der Waals surface area contributed by atoms with E-state index in [9.17, 15) is 4.79 Å². The molecule has 28 heavy (non-hydrogen) atoms. The Bertz CT molecular complexity index is 1120. The third-order valence-electron chi connectivity index (χ3n) is 4.40. The molecule has 1 amide bonds. The van der Waals surface area contributed by atoms with Crippen molar-refractivity contribution in [1.29, 1.82) is 0 Å². The summed E-state index contributed by atoms with van der Waals surface area (Å²) in [6, 6.07) is 15.9. The van der Waals surface area contributed by atoms with E-state index in [0.29, 0.717) is 12.4 Å². The quantitative estimate of drug-likeness (QED) is 0.354. The molecule has 0 fully saturated rings. The first-order chi connectivity index (χ1) is 13.5. The Morgan fingerprint density at radius 1 is 1.07 bits per heavy atom. The molecule has 4 aromatic rings. The highest BCUT2D eigenvalue weighted by atomic mass is 32.2. The SMILES string of the molecule is Cc1nc(SC(C)C(=O)N(C)Cc2nc3ccccc3s2)c2ccccc2n1. The zero-order valence-corrected chi connectivity index (χ0v) is 17.5. The van der Waals surface area contributed by atoms with Gasteiger partial charge in [0.2, 0.25) is 5.91 Å². The summed E-state index contributed by atoms with van der Waals surface area (Å²) >= 11 is 3.11. The van der Waals surface area contributed by atoms with E-state index in [0.717, 1.165) is 31.2 Å². The number of aryl methyl sites for hydroxylation is 1. The van der Waals surface area contributed by atoms with Crippen molar-refractivity contribution in [3.63, 3.8) is 0 Å². The smallest absolute Gasteiger partial charge is 0.235 e. The van der Waals surface area contributed by atoms with E-state index in [1.807, 2.05) is 63.4 Å². The molecule has 0 aliphatic carbocycles. The lowest BCUT2D eigenvalue weighted by atomic mass is 10.2. The number of benzene rings is 2. The molecule has 0 aliphatic rings. The first-order valence-corrected chi connectivity index (χ1v) is 10.7. The Morgan fingerprint density at radius 2 is 1.79 bits per heavy atom. The molecule has 0 spiro atoms. The van der Waals surface area contributed by atoms with Crippen molar-refractivity contribution in [3.05, 3.63) is 59.4 Å². The van der Waals surface area contributed by atoms with E-state index in [1.165, 1.54) is 11.8 Å². The number of fused-ring (bicyclic) bond motifs is 2. The number of hydrogen-bond donors (Lipinski definition) is 0. The number of thiazole rings is 1. The number of para-hydroxylation sites is 2. The molecule has 0 aliphatic heterocycles. The van der Waals surface area contributed by atoms with E-state index in [1.54, 1.807) is 16.2 Å². The van der Waals surface area contributed by atoms with Gasteiger partial charge >= 0.3 is 0 Å². The van der Waals surface area contributed by atoms with Crippen LogP contribution in [-0.2, 0) is 11.3 Å². The van der Waals surface area contributed by atoms with Gasteiger partial charge in [0.25, 0.3) is 0 Å². The molecule has 1 unspecified atom stereocenters. The molecule has 0 bridgehead atoms. The fourth-order valence-electron chi connectivity index (χ4n) is 3.04. The number of rotatable bonds is 5. The number of carbonyl (C=O) groups excluding carboxylic acids is 1. The van der Waals surface area contributed by atoms with Crippen LogP contribution in [-0.4, -0.2) is 38.1 Å². The number of aromatic nitrogens is 3. The minimum Gasteiger partial charge on any atom is -0.338 e. The summed E-state index contributed by atoms with van der Waals surface area (Å²) < 4.78 is 1.14. The second-order valence-electron chi connectivity index (χ2n) is 6.62. The van der Waals surface area contributed by atoms with E-state index >= 15 is 0 Å². The third-order valence-corrected chi connectivity index (χ3v) is 6.51. The van der Waals surface area contributed by atoms with Crippen LogP contribution in [0.5, 0.6) is 0 Å². The van der Waals surface area contributed by atoms with E-state index < -0.39 is 0 Å². The highest BCUT2D eigenvalue weighted by Gasteiger charge is 2.21. The topological polar surface area (TPSA) is 59.0 Å². The normalized spacial score (nSPS) is 12.4. The summed E-state index contributed by atoms with van der Waals surface area (Å²) in [5.41, 5.74) is 1.88. The summed E-state index contributed by atoms with van der Waals surface area (Å²) in [6.07, 6.45) is 0. The van der Waals surface area contributed by atoms with E-state index in [4.69, 9.17) is 0 Å². The summed E-state index contributed by atoms with van der Waals surface area (Å²) in [5.74, 6) is 0.772. The highest BCUT2D eigenvalue weighted by molar-refractivity contribution is 8.00. The van der Waals surface area contributed by atoms with Gasteiger partial charge in [0.1, 0.15) is 15.9 Å². The van der Waals surface area contributed by atoms with Crippen molar-refractivity contribution in [2.45, 2.75) is 30.7 Å². The minimum atomic E-state index is -0.253. The lowest BCUT2D eigenvalue weighted by molar-refractivity contribution is -0.129. The molecule has 5 nitrogen and oxygen atoms in total. The molecule has 2 aromatic heterocycles. The molecular formula is C21H20N4OS2. The summed E-state index contributed by atoms with van der Waals surface area (Å²) in [6.45, 7) is 4.31. The molecule has 0 saturated carbocycles. The van der Waals surface area contributed by atoms with Crippen LogP contribution >= 0.6 is 23.1 Å². The molecule has 0 radical (unpaired) electrons. The minimum absolute atomic E-state index is 0.0598. The Labute approximate surface area is 171 Å². The standard InChI is InChI=1S/C21H20N4OS2/c1-13(27-20-15-8-4-5-9-16(15)22-14(2)23-20)21(26)25(3)12-19-24-17-10-6-7-11-18(17)28-19/h4-11,13H,12H2,1-3H3. The molecule has 2 heterocycles. The summed E-state index contributed by atoms with van der Waals surface area (Å²) in [4.78, 5) is 28.3. The lowest BCUT2D eigenvalue weighted by Crippen LogP contribution is -2.32. The average Bonchev–Trinajstić information content (AvgIpc) is 3.09. The van der Waals surface area contributed by atoms with Crippen LogP contribution < -0.4 is 0 Å². The summed E-state index contributed by atoms with van der Waals surface area (Å²) in [7, 11) is 1.83. The highest BCUT2D eigenvalue weighted by Crippen LogP contribution is 2.30. The van der Waals surface area contributed by atoms with Gasteiger partial charge in [-0.3, -0.25) is 4.79 Å². The Morgan fingerprint density at radius 3 is 2.57 bits per heavy atom. The maximum atomic E-state index is 12.9. The van der Waals surface area contributed by atoms with Crippen LogP contribution in [0, 0.1) is 6.92 Å². The van der Waals surface area contributed by atoms with Crippen LogP contribution in [0.1, 0.15) is 17.8 Å². The molecule has 7 heteroatoms. The van der Waals surface area contributed by atoms with Crippen molar-refractivity contribution in [3.8, 4) is 0 Å². The van der Waals surface area contributed by atoms with Gasteiger partial charge in [-0.25, -0.2) is 15.0 Å². The maximum Gasteiger partial charge on any atom is 0.235 e. The van der Waals surface area contributed by atoms with E-state index in [-0.39, 0.29) is 11.2 Å². The van der Waals surface area contributed by atoms with Crippen LogP contribution in [0.4, 0.5) is 0 Å². The number of hydrogen-bond acceptors (Lipinski definition) is 6. The van der Waals surface area contributed by atoms with Crippen LogP contribution in [0.3, 0.4) is 0 Å². The Hall–Kier alpha value is -2.51. The Balaban J connectivity index is 1.50. The van der Waals surface area contributed by atoms with Crippen molar-refractivity contribution in [1.82, 2.24) is 19.9 Å². The van der Waals surface area contributed by atoms with Gasteiger partial charge < -0.3 is 4.90 Å². The number of nitrogens with zero attached hydrogens (tertiary/aromatic N) is 4. The van der Waals surface area contributed by atoms with Gasteiger partial charge in [0.15, 0.2) is 0 Å². The van der Waals surface area contributed by atoms with Gasteiger partial charge in [-0.1, -0.05) is 42.1 Å². The van der Waals surface area contributed by atoms with Gasteiger partial charge in [-0.15, -0.1) is 11.3 Å². The predicted octanol–water partition coefficient (Wildman–Crippen LogP) is 4.69. The number of carbonyl (C=O) groups is 1. The van der Waals surface area contributed by atoms with Crippen molar-refractivity contribution in [2.24, 2.45) is 0 Å². The van der Waals surface area contributed by atoms with Crippen molar-refractivity contribution < 1.29 is 4.79 Å². The Kier molecular flexibility index (Phi) is 5.28. The zero-order chi connectivity index (χ0) is 19.7. The van der Waals surface area contributed by atoms with Crippen LogP contribution in [0.25, 0.3) is 21.1 Å². The van der Waals surface area contributed by atoms with Gasteiger partial charge in [0.05, 0.1) is 27.5 Å². The predicted molar refractivity (Wildman–Crippen MR) is 116 cm³/mol. The monoisotopic (exact) mass is 408 g/mol. The molecule has 4 rings (SSSR count). The van der Waals surface area contributed by atoms with Crippen molar-refractivity contribution in [2.75, 3.05) is 7.05 Å². The molecule has 1 atom stereocenters.